The third-order valence-electron chi connectivity index (χ3n) is 16.5. The smallest absolute Gasteiger partial charge is 0.277 e. The van der Waals surface area contributed by atoms with Crippen LogP contribution < -0.4 is 24.8 Å². The second kappa shape index (κ2) is 13.2. The molecule has 2 spiro atoms. The quantitative estimate of drug-likeness (QED) is 0.159. The number of hydrogen-bond acceptors (Lipinski definition) is 4. The fourth-order valence-corrected chi connectivity index (χ4v) is 17.5. The molecule has 2 nitrogen and oxygen atoms in total. The lowest BCUT2D eigenvalue weighted by Gasteiger charge is -2.42. The van der Waals surface area contributed by atoms with E-state index in [-0.39, 0.29) is 6.71 Å². The predicted molar refractivity (Wildman–Crippen MR) is 294 cm³/mol. The van der Waals surface area contributed by atoms with E-state index in [1.807, 2.05) is 34.8 Å². The normalized spacial score (nSPS) is 16.2. The molecule has 0 radical (unpaired) electrons. The summed E-state index contributed by atoms with van der Waals surface area (Å²) in [6, 6.07) is 80.3. The number of anilines is 6. The average Bonchev–Trinajstić information content (AvgIpc) is 4.27. The van der Waals surface area contributed by atoms with Crippen molar-refractivity contribution in [3.8, 4) is 44.5 Å². The van der Waals surface area contributed by atoms with Crippen molar-refractivity contribution in [3.63, 3.8) is 0 Å². The van der Waals surface area contributed by atoms with E-state index in [0.717, 1.165) is 22.7 Å². The number of para-hydroxylation sites is 1. The van der Waals surface area contributed by atoms with Gasteiger partial charge < -0.3 is 9.80 Å². The Hall–Kier alpha value is -7.96. The molecular weight excluding hydrogens is 884 g/mol. The van der Waals surface area contributed by atoms with E-state index in [9.17, 15) is 0 Å². The van der Waals surface area contributed by atoms with Gasteiger partial charge in [0, 0.05) is 57.3 Å². The summed E-state index contributed by atoms with van der Waals surface area (Å²) < 4.78 is 27.8. The van der Waals surface area contributed by atoms with Gasteiger partial charge in [0.1, 0.15) is 0 Å². The molecule has 0 bridgehead atoms. The van der Waals surface area contributed by atoms with E-state index in [0.29, 0.717) is 5.56 Å². The molecule has 2 aliphatic heterocycles. The lowest BCUT2D eigenvalue weighted by atomic mass is 9.39. The summed E-state index contributed by atoms with van der Waals surface area (Å²) in [5, 5.41) is 0. The molecule has 4 heterocycles. The van der Waals surface area contributed by atoms with E-state index >= 15 is 0 Å². The van der Waals surface area contributed by atoms with Crippen LogP contribution in [0.25, 0.3) is 44.5 Å². The van der Waals surface area contributed by atoms with Crippen LogP contribution in [0.1, 0.15) is 52.8 Å². The first-order valence-electron chi connectivity index (χ1n) is 25.7. The molecule has 5 heteroatoms. The van der Waals surface area contributed by atoms with Crippen LogP contribution in [0, 0.1) is 6.85 Å². The Morgan fingerprint density at radius 1 is 0.371 bits per heavy atom. The van der Waals surface area contributed by atoms with Gasteiger partial charge in [0.05, 0.1) is 22.2 Å². The van der Waals surface area contributed by atoms with Crippen molar-refractivity contribution < 1.29 is 4.11 Å². The highest BCUT2D eigenvalue weighted by molar-refractivity contribution is 7.37. The molecule has 70 heavy (non-hydrogen) atoms. The van der Waals surface area contributed by atoms with Crippen molar-refractivity contribution in [2.24, 2.45) is 0 Å². The molecular formula is C65H39BN2S2. The molecule has 4 aliphatic carbocycles. The van der Waals surface area contributed by atoms with Gasteiger partial charge in [0.25, 0.3) is 6.71 Å². The van der Waals surface area contributed by atoms with Gasteiger partial charge in [0.2, 0.25) is 0 Å². The Balaban J connectivity index is 1.03. The number of nitrogens with zero attached hydrogens (tertiary/aromatic N) is 2. The molecule has 17 rings (SSSR count). The number of fused-ring (bicyclic) bond motifs is 26. The summed E-state index contributed by atoms with van der Waals surface area (Å²) in [7, 11) is 0. The lowest BCUT2D eigenvalue weighted by Crippen LogP contribution is -2.59. The zero-order valence-electron chi connectivity index (χ0n) is 40.6. The molecule has 6 aliphatic rings. The average molecular weight is 926 g/mol. The minimum atomic E-state index is -2.23. The SMILES string of the molecule is [2H]C([2H])([2H])c1ccc(N2c3cccc4c3B(c3sc5c(c3N4c3ccccc3)-c3ccccc3C53c4ccccc4-c4ccccc43)c3sc4c(c32)-c2ccccc2C42c3ccccc3-c3ccccc32)cc1. The molecule has 0 unspecified atom stereocenters. The molecule has 0 saturated carbocycles. The molecule has 0 fully saturated rings. The number of benzene rings is 9. The van der Waals surface area contributed by atoms with Crippen LogP contribution in [0.5, 0.6) is 0 Å². The van der Waals surface area contributed by atoms with E-state index < -0.39 is 17.7 Å². The van der Waals surface area contributed by atoms with Crippen LogP contribution in [0.15, 0.2) is 218 Å². The number of aryl methyl sites for hydroxylation is 1. The molecule has 0 saturated heterocycles. The summed E-state index contributed by atoms with van der Waals surface area (Å²) >= 11 is 4.01. The first-order valence-corrected chi connectivity index (χ1v) is 25.8. The van der Waals surface area contributed by atoms with E-state index in [1.165, 1.54) is 114 Å². The number of hydrogen-bond donors (Lipinski definition) is 0. The van der Waals surface area contributed by atoms with Gasteiger partial charge in [-0.3, -0.25) is 0 Å². The molecule has 11 aromatic rings. The van der Waals surface area contributed by atoms with Gasteiger partial charge in [-0.2, -0.15) is 0 Å². The van der Waals surface area contributed by atoms with Crippen LogP contribution in [-0.4, -0.2) is 6.71 Å². The lowest BCUT2D eigenvalue weighted by molar-refractivity contribution is 0.811. The Morgan fingerprint density at radius 2 is 0.729 bits per heavy atom. The van der Waals surface area contributed by atoms with E-state index in [1.54, 1.807) is 12.1 Å². The second-order valence-electron chi connectivity index (χ2n) is 19.5. The Bertz CT molecular complexity index is 4150. The first kappa shape index (κ1) is 35.2. The highest BCUT2D eigenvalue weighted by Gasteiger charge is 2.60. The summed E-state index contributed by atoms with van der Waals surface area (Å²) in [6.45, 7) is -2.35. The molecule has 0 atom stereocenters. The highest BCUT2D eigenvalue weighted by atomic mass is 32.1. The van der Waals surface area contributed by atoms with Crippen molar-refractivity contribution in [2.45, 2.75) is 17.7 Å². The standard InChI is InChI=1S/C65H39BN2S2/c1-38-34-36-40(37-35-38)68-54-33-17-32-53-57(54)66(63-59(68)56-46-25-10-16-31-52(46)65(61(56)70-63)49-28-13-7-22-43(49)44-23-8-14-29-50(44)65)62-58(67(53)39-18-3-2-4-19-39)55-45-24-9-15-30-51(45)64(60(55)69-62)47-26-11-5-20-41(47)42-21-6-12-27-48(42)64/h2-37H,1H3/i1D3. The Kier molecular flexibility index (Phi) is 6.65. The summed E-state index contributed by atoms with van der Waals surface area (Å²) in [6.07, 6.45) is 0. The highest BCUT2D eigenvalue weighted by Crippen LogP contribution is 2.69. The van der Waals surface area contributed by atoms with Gasteiger partial charge in [-0.1, -0.05) is 188 Å². The molecule has 0 amide bonds. The van der Waals surface area contributed by atoms with Crippen molar-refractivity contribution in [2.75, 3.05) is 9.80 Å². The number of thiophene rings is 2. The van der Waals surface area contributed by atoms with Gasteiger partial charge in [0.15, 0.2) is 0 Å². The first-order chi connectivity index (χ1) is 35.9. The summed E-state index contributed by atoms with van der Waals surface area (Å²) in [5.41, 5.74) is 25.5. The van der Waals surface area contributed by atoms with Crippen molar-refractivity contribution in [1.82, 2.24) is 0 Å². The Morgan fingerprint density at radius 3 is 1.14 bits per heavy atom. The molecule has 2 aromatic heterocycles. The molecule has 0 N–H and O–H groups in total. The van der Waals surface area contributed by atoms with Crippen molar-refractivity contribution >= 4 is 78.5 Å². The maximum Gasteiger partial charge on any atom is 0.277 e. The topological polar surface area (TPSA) is 6.48 Å². The van der Waals surface area contributed by atoms with Gasteiger partial charge in [-0.05, 0) is 115 Å². The van der Waals surface area contributed by atoms with Crippen LogP contribution in [0.2, 0.25) is 0 Å². The van der Waals surface area contributed by atoms with Crippen LogP contribution >= 0.6 is 22.7 Å². The molecule has 9 aromatic carbocycles. The second-order valence-corrected chi connectivity index (χ2v) is 21.6. The maximum absolute atomic E-state index is 8.39. The molecule has 324 valence electrons. The van der Waals surface area contributed by atoms with Crippen molar-refractivity contribution in [1.29, 1.82) is 0 Å². The van der Waals surface area contributed by atoms with Gasteiger partial charge in [-0.25, -0.2) is 0 Å². The minimum absolute atomic E-state index is 0.118. The van der Waals surface area contributed by atoms with Crippen LogP contribution in [0.4, 0.5) is 34.1 Å². The van der Waals surface area contributed by atoms with Gasteiger partial charge in [-0.15, -0.1) is 22.7 Å². The van der Waals surface area contributed by atoms with E-state index in [4.69, 9.17) is 4.11 Å². The fraction of sp³-hybridized carbons (Fsp3) is 0.0462. The third-order valence-corrected chi connectivity index (χ3v) is 19.3. The van der Waals surface area contributed by atoms with Crippen LogP contribution in [0.3, 0.4) is 0 Å². The zero-order valence-corrected chi connectivity index (χ0v) is 39.2. The Labute approximate surface area is 419 Å². The van der Waals surface area contributed by atoms with Gasteiger partial charge >= 0.3 is 0 Å². The van der Waals surface area contributed by atoms with Crippen LogP contribution in [-0.2, 0) is 10.8 Å². The fourth-order valence-electron chi connectivity index (χ4n) is 14.2. The van der Waals surface area contributed by atoms with Crippen molar-refractivity contribution in [3.05, 3.63) is 267 Å². The summed E-state index contributed by atoms with van der Waals surface area (Å²) in [4.78, 5) is 7.78. The predicted octanol–water partition coefficient (Wildman–Crippen LogP) is 14.9. The summed E-state index contributed by atoms with van der Waals surface area (Å²) in [5.74, 6) is 0. The monoisotopic (exact) mass is 925 g/mol. The largest absolute Gasteiger partial charge is 0.310 e. The van der Waals surface area contributed by atoms with E-state index in [2.05, 4.69) is 204 Å². The maximum atomic E-state index is 8.39. The minimum Gasteiger partial charge on any atom is -0.310 e. The zero-order chi connectivity index (χ0) is 48.1. The number of rotatable bonds is 2. The third kappa shape index (κ3) is 4.25.